The Morgan fingerprint density at radius 2 is 2.00 bits per heavy atom. The lowest BCUT2D eigenvalue weighted by Gasteiger charge is -2.14. The second-order valence-corrected chi connectivity index (χ2v) is 12.2. The number of nitrogens with one attached hydrogen (secondary N) is 2. The van der Waals surface area contributed by atoms with Gasteiger partial charge in [-0.3, -0.25) is 0 Å². The number of aliphatic hydroxyl groups excluding tert-OH is 1. The van der Waals surface area contributed by atoms with Gasteiger partial charge in [0, 0.05) is 19.6 Å². The molecule has 0 aliphatic carbocycles. The van der Waals surface area contributed by atoms with Crippen molar-refractivity contribution >= 4 is 41.5 Å². The van der Waals surface area contributed by atoms with Gasteiger partial charge in [-0.2, -0.15) is 13.6 Å². The fraction of sp³-hybridized carbons (Fsp3) is 0.222. The Morgan fingerprint density at radius 1 is 1.18 bits per heavy atom. The summed E-state index contributed by atoms with van der Waals surface area (Å²) in [5.41, 5.74) is 13.0. The molecule has 3 heterocycles. The van der Waals surface area contributed by atoms with E-state index in [-0.39, 0.29) is 34.3 Å². The minimum Gasteiger partial charge on any atom is -0.390 e. The van der Waals surface area contributed by atoms with Crippen LogP contribution in [0.25, 0.3) is 32.7 Å². The lowest BCUT2D eigenvalue weighted by molar-refractivity contribution is 0.187. The number of aromatic amines is 1. The fourth-order valence-electron chi connectivity index (χ4n) is 3.61. The van der Waals surface area contributed by atoms with Crippen LogP contribution in [0.15, 0.2) is 43.9 Å². The van der Waals surface area contributed by atoms with Crippen molar-refractivity contribution in [2.75, 3.05) is 13.1 Å². The van der Waals surface area contributed by atoms with E-state index < -0.39 is 26.0 Å². The van der Waals surface area contributed by atoms with E-state index in [9.17, 15) is 17.7 Å². The van der Waals surface area contributed by atoms with Crippen molar-refractivity contribution in [3.8, 4) is 22.5 Å². The van der Waals surface area contributed by atoms with Gasteiger partial charge < -0.3 is 16.6 Å². The van der Waals surface area contributed by atoms with Crippen molar-refractivity contribution < 1.29 is 17.7 Å². The number of tetrazole rings is 1. The average molecular weight is 522 g/mol. The highest BCUT2D eigenvalue weighted by Crippen LogP contribution is 2.44. The second-order valence-electron chi connectivity index (χ2n) is 7.36. The molecule has 16 heteroatoms. The van der Waals surface area contributed by atoms with Crippen LogP contribution in [-0.4, -0.2) is 62.5 Å². The van der Waals surface area contributed by atoms with E-state index in [4.69, 9.17) is 11.5 Å². The van der Waals surface area contributed by atoms with E-state index >= 15 is 0 Å². The Labute approximate surface area is 198 Å². The molecule has 0 saturated carbocycles. The van der Waals surface area contributed by atoms with E-state index in [1.54, 1.807) is 6.07 Å². The first-order valence-corrected chi connectivity index (χ1v) is 13.7. The first-order chi connectivity index (χ1) is 16.3. The SMILES string of the molecule is NCc1nc2cc(-c3ccc4c(c3-c3nn[nH]n3)S(=O)(=O)N=S4(=O)NC[C@@H](O)CN)ccc2s1. The summed E-state index contributed by atoms with van der Waals surface area (Å²) in [5, 5.41) is 24.4. The second kappa shape index (κ2) is 8.42. The van der Waals surface area contributed by atoms with Gasteiger partial charge in [-0.25, -0.2) is 13.9 Å². The molecule has 2 aromatic carbocycles. The molecule has 0 fully saturated rings. The molecular formula is C18H19N9O4S3. The molecule has 5 rings (SSSR count). The number of fused-ring (bicyclic) bond motifs is 2. The third-order valence-corrected chi connectivity index (χ3v) is 10.4. The zero-order chi connectivity index (χ0) is 24.1. The van der Waals surface area contributed by atoms with Gasteiger partial charge in [-0.15, -0.1) is 21.5 Å². The summed E-state index contributed by atoms with van der Waals surface area (Å²) in [6.07, 6.45) is -1.03. The van der Waals surface area contributed by atoms with Gasteiger partial charge in [0.25, 0.3) is 10.0 Å². The normalized spacial score (nSPS) is 19.7. The highest BCUT2D eigenvalue weighted by molar-refractivity contribution is 8.05. The standard InChI is InChI=1S/C18H19N9O4S3/c19-6-10(28)8-21-33(29)14-4-2-11(9-1-3-13-12(5-9)22-15(7-20)32-13)16(18-23-25-26-24-18)17(14)34(30,31)27-33/h1-5,10,28H,6-8,19-20H2,(H,21,27,29)(H,23,24,25,26)/t10-,33?/m0/s1. The number of hydrogen-bond acceptors (Lipinski definition) is 11. The first kappa shape index (κ1) is 22.9. The lowest BCUT2D eigenvalue weighted by atomic mass is 9.99. The van der Waals surface area contributed by atoms with Crippen molar-refractivity contribution in [1.29, 1.82) is 0 Å². The molecule has 178 valence electrons. The topological polar surface area (TPSA) is 215 Å². The third kappa shape index (κ3) is 3.78. The smallest absolute Gasteiger partial charge is 0.293 e. The summed E-state index contributed by atoms with van der Waals surface area (Å²) in [5.74, 6) is -0.00251. The summed E-state index contributed by atoms with van der Waals surface area (Å²) in [4.78, 5) is 4.16. The molecule has 2 atom stereocenters. The minimum atomic E-state index is -4.37. The molecule has 1 aliphatic rings. The Kier molecular flexibility index (Phi) is 5.67. The number of H-pyrrole nitrogens is 1. The third-order valence-electron chi connectivity index (χ3n) is 5.15. The van der Waals surface area contributed by atoms with Gasteiger partial charge in [-0.05, 0) is 34.5 Å². The average Bonchev–Trinajstić information content (AvgIpc) is 3.54. The van der Waals surface area contributed by atoms with Gasteiger partial charge in [0.05, 0.1) is 26.8 Å². The van der Waals surface area contributed by atoms with Crippen LogP contribution >= 0.6 is 11.3 Å². The van der Waals surface area contributed by atoms with Crippen molar-refractivity contribution in [2.45, 2.75) is 22.4 Å². The Bertz CT molecular complexity index is 1620. The summed E-state index contributed by atoms with van der Waals surface area (Å²) in [6.45, 7) is -0.00120. The number of benzene rings is 2. The first-order valence-electron chi connectivity index (χ1n) is 9.92. The zero-order valence-corrected chi connectivity index (χ0v) is 19.8. The molecule has 1 aliphatic heterocycles. The van der Waals surface area contributed by atoms with Crippen molar-refractivity contribution in [3.05, 3.63) is 35.3 Å². The molecule has 7 N–H and O–H groups in total. The van der Waals surface area contributed by atoms with Crippen molar-refractivity contribution in [3.63, 3.8) is 0 Å². The van der Waals surface area contributed by atoms with Gasteiger partial charge in [0.1, 0.15) is 9.90 Å². The number of aromatic nitrogens is 5. The molecule has 2 aromatic heterocycles. The maximum atomic E-state index is 13.5. The number of nitrogens with zero attached hydrogens (tertiary/aromatic N) is 5. The summed E-state index contributed by atoms with van der Waals surface area (Å²) in [6, 6.07) is 8.55. The van der Waals surface area contributed by atoms with Crippen LogP contribution in [0.2, 0.25) is 0 Å². The minimum absolute atomic E-state index is 0.00251. The maximum absolute atomic E-state index is 13.5. The predicted molar refractivity (Wildman–Crippen MR) is 125 cm³/mol. The molecule has 1 unspecified atom stereocenters. The lowest BCUT2D eigenvalue weighted by Crippen LogP contribution is -2.35. The number of nitrogens with two attached hydrogens (primary N) is 2. The van der Waals surface area contributed by atoms with E-state index in [1.807, 2.05) is 18.2 Å². The summed E-state index contributed by atoms with van der Waals surface area (Å²) >= 11 is 1.47. The van der Waals surface area contributed by atoms with E-state index in [2.05, 4.69) is 34.1 Å². The van der Waals surface area contributed by atoms with Gasteiger partial charge in [-0.1, -0.05) is 15.9 Å². The van der Waals surface area contributed by atoms with Crippen LogP contribution in [-0.2, 0) is 26.5 Å². The van der Waals surface area contributed by atoms with Crippen LogP contribution < -0.4 is 16.2 Å². The quantitative estimate of drug-likeness (QED) is 0.218. The molecule has 0 bridgehead atoms. The summed E-state index contributed by atoms with van der Waals surface area (Å²) in [7, 11) is -7.99. The number of thiazole rings is 1. The fourth-order valence-corrected chi connectivity index (χ4v) is 8.99. The van der Waals surface area contributed by atoms with Gasteiger partial charge in [0.15, 0.2) is 9.92 Å². The molecule has 34 heavy (non-hydrogen) atoms. The monoisotopic (exact) mass is 521 g/mol. The van der Waals surface area contributed by atoms with E-state index in [1.165, 1.54) is 17.4 Å². The predicted octanol–water partition coefficient (Wildman–Crippen LogP) is -0.0445. The van der Waals surface area contributed by atoms with Crippen molar-refractivity contribution in [2.24, 2.45) is 15.2 Å². The molecule has 0 saturated heterocycles. The molecule has 13 nitrogen and oxygen atoms in total. The van der Waals surface area contributed by atoms with Gasteiger partial charge >= 0.3 is 0 Å². The Morgan fingerprint density at radius 3 is 2.71 bits per heavy atom. The highest BCUT2D eigenvalue weighted by atomic mass is 32.3. The molecular weight excluding hydrogens is 502 g/mol. The number of hydrogen-bond donors (Lipinski definition) is 5. The Hall–Kier alpha value is -2.86. The van der Waals surface area contributed by atoms with Crippen LogP contribution in [0.3, 0.4) is 0 Å². The molecule has 0 amide bonds. The Balaban J connectivity index is 1.74. The maximum Gasteiger partial charge on any atom is 0.293 e. The number of sulfonamides is 1. The van der Waals surface area contributed by atoms with Gasteiger partial charge in [0.2, 0.25) is 5.82 Å². The molecule has 0 spiro atoms. The number of aliphatic hydroxyl groups is 1. The number of rotatable bonds is 7. The van der Waals surface area contributed by atoms with Crippen LogP contribution in [0, 0.1) is 0 Å². The van der Waals surface area contributed by atoms with Crippen LogP contribution in [0.1, 0.15) is 5.01 Å². The summed E-state index contributed by atoms with van der Waals surface area (Å²) < 4.78 is 46.9. The van der Waals surface area contributed by atoms with E-state index in [0.29, 0.717) is 23.2 Å². The van der Waals surface area contributed by atoms with Crippen molar-refractivity contribution in [1.82, 2.24) is 30.3 Å². The zero-order valence-electron chi connectivity index (χ0n) is 17.4. The molecule has 0 radical (unpaired) electrons. The van der Waals surface area contributed by atoms with Crippen LogP contribution in [0.5, 0.6) is 0 Å². The van der Waals surface area contributed by atoms with Crippen LogP contribution in [0.4, 0.5) is 0 Å². The highest BCUT2D eigenvalue weighted by Gasteiger charge is 2.39. The largest absolute Gasteiger partial charge is 0.390 e. The molecule has 4 aromatic rings. The van der Waals surface area contributed by atoms with E-state index in [0.717, 1.165) is 9.71 Å².